The van der Waals surface area contributed by atoms with Crippen LogP contribution < -0.4 is 10.6 Å². The number of aliphatic hydroxyl groups excluding tert-OH is 1. The van der Waals surface area contributed by atoms with Crippen LogP contribution in [-0.4, -0.2) is 82.2 Å². The number of carbonyl (C=O) groups is 4. The monoisotopic (exact) mass is 544 g/mol. The van der Waals surface area contributed by atoms with Crippen molar-refractivity contribution < 1.29 is 38.5 Å². The first kappa shape index (κ1) is 29.5. The minimum Gasteiger partial charge on any atom is -0.480 e. The van der Waals surface area contributed by atoms with Crippen molar-refractivity contribution in [3.8, 4) is 0 Å². The number of aryl methyl sites for hydroxylation is 1. The number of nitrogens with one attached hydrogen (secondary N) is 3. The van der Waals surface area contributed by atoms with E-state index in [1.54, 1.807) is 26.8 Å². The van der Waals surface area contributed by atoms with Gasteiger partial charge in [-0.3, -0.25) is 14.4 Å². The first-order valence-electron chi connectivity index (χ1n) is 12.4. The number of carboxylic acid groups (broad SMARTS) is 1. The minimum absolute atomic E-state index is 0.0335. The minimum atomic E-state index is -1.42. The number of nitrogens with zero attached hydrogens (tertiary/aromatic N) is 1. The van der Waals surface area contributed by atoms with E-state index < -0.39 is 41.9 Å². The van der Waals surface area contributed by atoms with Crippen molar-refractivity contribution in [2.24, 2.45) is 0 Å². The summed E-state index contributed by atoms with van der Waals surface area (Å²) in [5.41, 5.74) is 3.15. The second-order valence-electron chi connectivity index (χ2n) is 9.39. The van der Waals surface area contributed by atoms with Crippen LogP contribution in [0.5, 0.6) is 0 Å². The smallest absolute Gasteiger partial charge is 0.329 e. The Balaban J connectivity index is 1.75. The summed E-state index contributed by atoms with van der Waals surface area (Å²) >= 11 is 0. The van der Waals surface area contributed by atoms with E-state index >= 15 is 0 Å². The summed E-state index contributed by atoms with van der Waals surface area (Å²) in [5.74, 6) is -3.21. The number of rotatable bonds is 11. The van der Waals surface area contributed by atoms with Gasteiger partial charge in [-0.05, 0) is 57.5 Å². The fourth-order valence-electron chi connectivity index (χ4n) is 4.62. The van der Waals surface area contributed by atoms with Crippen LogP contribution in [0.3, 0.4) is 0 Å². The third kappa shape index (κ3) is 6.52. The fraction of sp³-hybridized carbons (Fsp3) is 0.407. The molecule has 11 nitrogen and oxygen atoms in total. The van der Waals surface area contributed by atoms with E-state index in [-0.39, 0.29) is 31.1 Å². The van der Waals surface area contributed by atoms with Crippen LogP contribution in [0, 0.1) is 19.7 Å². The molecule has 0 radical (unpaired) electrons. The number of anilines is 1. The molecule has 0 fully saturated rings. The lowest BCUT2D eigenvalue weighted by Gasteiger charge is -2.28. The van der Waals surface area contributed by atoms with E-state index in [0.29, 0.717) is 33.8 Å². The Morgan fingerprint density at radius 3 is 2.56 bits per heavy atom. The summed E-state index contributed by atoms with van der Waals surface area (Å²) in [6, 6.07) is 2.59. The van der Waals surface area contributed by atoms with Gasteiger partial charge in [0.05, 0.1) is 29.8 Å². The van der Waals surface area contributed by atoms with Gasteiger partial charge in [0.1, 0.15) is 5.82 Å². The number of hydrogen-bond donors (Lipinski definition) is 5. The summed E-state index contributed by atoms with van der Waals surface area (Å²) in [6.07, 6.45) is -0.673. The highest BCUT2D eigenvalue weighted by molar-refractivity contribution is 6.34. The summed E-state index contributed by atoms with van der Waals surface area (Å²) < 4.78 is 19.4. The molecule has 0 saturated heterocycles. The van der Waals surface area contributed by atoms with Crippen molar-refractivity contribution >= 4 is 41.0 Å². The predicted molar refractivity (Wildman–Crippen MR) is 141 cm³/mol. The molecule has 0 spiro atoms. The molecule has 210 valence electrons. The van der Waals surface area contributed by atoms with Crippen molar-refractivity contribution in [1.82, 2.24) is 15.2 Å². The predicted octanol–water partition coefficient (Wildman–Crippen LogP) is 2.08. The quantitative estimate of drug-likeness (QED) is 0.271. The Morgan fingerprint density at radius 1 is 1.26 bits per heavy atom. The van der Waals surface area contributed by atoms with Crippen LogP contribution in [0.2, 0.25) is 0 Å². The number of carbonyl (C=O) groups excluding carboxylic acids is 3. The van der Waals surface area contributed by atoms with Gasteiger partial charge in [0.15, 0.2) is 6.04 Å². The average Bonchev–Trinajstić information content (AvgIpc) is 3.31. The highest BCUT2D eigenvalue weighted by Gasteiger charge is 2.32. The Hall–Kier alpha value is -4.03. The molecule has 2 aromatic rings. The van der Waals surface area contributed by atoms with E-state index in [4.69, 9.17) is 4.74 Å². The standard InChI is InChI=1S/C27H33FN4O7/c1-6-39-17(10-22(34)32(5)24(15(4)33)27(37)38)12-29-26(36)23-13(2)21(30-14(23)3)11-19-18-9-16(28)7-8-20(18)31-25(19)35/h7-9,11,15,17,24,30,33H,6,10,12H2,1-5H3,(H,29,36)(H,31,35)(H,37,38)/b19-11-. The van der Waals surface area contributed by atoms with Crippen molar-refractivity contribution in [2.45, 2.75) is 52.4 Å². The van der Waals surface area contributed by atoms with Gasteiger partial charge in [-0.2, -0.15) is 0 Å². The molecule has 3 rings (SSSR count). The van der Waals surface area contributed by atoms with Gasteiger partial charge in [0.25, 0.3) is 11.8 Å². The molecular formula is C27H33FN4O7. The van der Waals surface area contributed by atoms with Crippen molar-refractivity contribution in [2.75, 3.05) is 25.5 Å². The first-order valence-corrected chi connectivity index (χ1v) is 12.4. The van der Waals surface area contributed by atoms with Crippen molar-refractivity contribution in [3.05, 3.63) is 52.1 Å². The van der Waals surface area contributed by atoms with Crippen molar-refractivity contribution in [1.29, 1.82) is 0 Å². The number of benzene rings is 1. The lowest BCUT2D eigenvalue weighted by atomic mass is 10.0. The molecule has 5 N–H and O–H groups in total. The van der Waals surface area contributed by atoms with Crippen LogP contribution in [0.1, 0.15) is 53.1 Å². The topological polar surface area (TPSA) is 161 Å². The van der Waals surface area contributed by atoms with E-state index in [1.165, 1.54) is 32.2 Å². The molecule has 39 heavy (non-hydrogen) atoms. The van der Waals surface area contributed by atoms with E-state index in [1.807, 2.05) is 0 Å². The van der Waals surface area contributed by atoms with Gasteiger partial charge >= 0.3 is 5.97 Å². The second kappa shape index (κ2) is 12.2. The average molecular weight is 545 g/mol. The van der Waals surface area contributed by atoms with Gasteiger partial charge in [0.2, 0.25) is 5.91 Å². The third-order valence-electron chi connectivity index (χ3n) is 6.57. The van der Waals surface area contributed by atoms with E-state index in [2.05, 4.69) is 15.6 Å². The zero-order valence-electron chi connectivity index (χ0n) is 22.4. The Kier molecular flexibility index (Phi) is 9.25. The van der Waals surface area contributed by atoms with Crippen LogP contribution in [0.25, 0.3) is 11.6 Å². The van der Waals surface area contributed by atoms with Gasteiger partial charge in [-0.25, -0.2) is 9.18 Å². The van der Waals surface area contributed by atoms with Gasteiger partial charge < -0.3 is 35.5 Å². The fourth-order valence-corrected chi connectivity index (χ4v) is 4.62. The van der Waals surface area contributed by atoms with Gasteiger partial charge in [-0.15, -0.1) is 0 Å². The molecule has 0 bridgehead atoms. The normalized spacial score (nSPS) is 15.9. The molecule has 1 aromatic heterocycles. The maximum Gasteiger partial charge on any atom is 0.329 e. The van der Waals surface area contributed by atoms with Crippen molar-refractivity contribution in [3.63, 3.8) is 0 Å². The maximum absolute atomic E-state index is 13.8. The summed E-state index contributed by atoms with van der Waals surface area (Å²) in [6.45, 7) is 6.64. The number of hydrogen-bond acceptors (Lipinski definition) is 6. The number of H-pyrrole nitrogens is 1. The highest BCUT2D eigenvalue weighted by Crippen LogP contribution is 2.34. The number of aliphatic carboxylic acids is 1. The second-order valence-corrected chi connectivity index (χ2v) is 9.39. The van der Waals surface area contributed by atoms with Crippen LogP contribution in [0.15, 0.2) is 18.2 Å². The lowest BCUT2D eigenvalue weighted by Crippen LogP contribution is -2.50. The Morgan fingerprint density at radius 2 is 1.95 bits per heavy atom. The lowest BCUT2D eigenvalue weighted by molar-refractivity contribution is -0.154. The molecule has 3 atom stereocenters. The maximum atomic E-state index is 13.8. The molecule has 0 aliphatic carbocycles. The number of fused-ring (bicyclic) bond motifs is 1. The molecule has 3 unspecified atom stereocenters. The molecule has 1 aliphatic heterocycles. The third-order valence-corrected chi connectivity index (χ3v) is 6.57. The molecule has 1 aliphatic rings. The number of aliphatic hydroxyl groups is 1. The molecule has 0 saturated carbocycles. The summed E-state index contributed by atoms with van der Waals surface area (Å²) in [7, 11) is 1.29. The Labute approximate surface area is 225 Å². The molecule has 12 heteroatoms. The molecule has 2 heterocycles. The largest absolute Gasteiger partial charge is 0.480 e. The summed E-state index contributed by atoms with van der Waals surface area (Å²) in [4.78, 5) is 53.8. The zero-order chi connectivity index (χ0) is 29.0. The number of likely N-dealkylation sites (N-methyl/N-ethyl adjacent to an activating group) is 1. The van der Waals surface area contributed by atoms with Crippen LogP contribution in [0.4, 0.5) is 10.1 Å². The molecule has 1 aromatic carbocycles. The van der Waals surface area contributed by atoms with Gasteiger partial charge in [-0.1, -0.05) is 0 Å². The van der Waals surface area contributed by atoms with Crippen LogP contribution in [-0.2, 0) is 19.1 Å². The van der Waals surface area contributed by atoms with E-state index in [0.717, 1.165) is 4.90 Å². The number of aromatic nitrogens is 1. The molecule has 3 amide bonds. The van der Waals surface area contributed by atoms with Gasteiger partial charge in [0, 0.05) is 42.8 Å². The Bertz CT molecular complexity index is 1320. The number of aromatic amines is 1. The first-order chi connectivity index (χ1) is 18.3. The zero-order valence-corrected chi connectivity index (χ0v) is 22.4. The number of carboxylic acids is 1. The SMILES string of the molecule is CCOC(CNC(=O)c1c(C)[nH]c(/C=C2\C(=O)Nc3ccc(F)cc32)c1C)CC(=O)N(C)C(C(=O)O)C(C)O. The molecular weight excluding hydrogens is 511 g/mol. The van der Waals surface area contributed by atoms with E-state index in [9.17, 15) is 33.8 Å². The number of amides is 3. The van der Waals surface area contributed by atoms with Crippen LogP contribution >= 0.6 is 0 Å². The summed E-state index contributed by atoms with van der Waals surface area (Å²) in [5, 5.41) is 24.5. The number of halogens is 1. The number of ether oxygens (including phenoxy) is 1. The highest BCUT2D eigenvalue weighted by atomic mass is 19.1.